The number of halogens is 1. The lowest BCUT2D eigenvalue weighted by Crippen LogP contribution is -2.35. The third-order valence-corrected chi connectivity index (χ3v) is 7.09. The van der Waals surface area contributed by atoms with Crippen LogP contribution in [0, 0.1) is 0 Å². The Morgan fingerprint density at radius 2 is 1.92 bits per heavy atom. The van der Waals surface area contributed by atoms with Gasteiger partial charge in [0.1, 0.15) is 5.75 Å². The van der Waals surface area contributed by atoms with Gasteiger partial charge >= 0.3 is 0 Å². The quantitative estimate of drug-likeness (QED) is 0.150. The number of phenolic OH excluding ortho intramolecular Hbond substituents is 1. The van der Waals surface area contributed by atoms with Crippen LogP contribution in [0.1, 0.15) is 45.1 Å². The molecule has 0 saturated heterocycles. The highest BCUT2D eigenvalue weighted by Crippen LogP contribution is 2.38. The Balaban J connectivity index is 1.44. The van der Waals surface area contributed by atoms with E-state index in [-0.39, 0.29) is 17.7 Å². The van der Waals surface area contributed by atoms with Crippen LogP contribution in [0.3, 0.4) is 0 Å². The summed E-state index contributed by atoms with van der Waals surface area (Å²) in [5.41, 5.74) is 7.23. The number of benzene rings is 3. The summed E-state index contributed by atoms with van der Waals surface area (Å²) in [6, 6.07) is 17.9. The number of aromatic amines is 1. The lowest BCUT2D eigenvalue weighted by atomic mass is 10.0. The summed E-state index contributed by atoms with van der Waals surface area (Å²) in [7, 11) is 0. The van der Waals surface area contributed by atoms with Crippen molar-refractivity contribution in [1.29, 1.82) is 0 Å². The monoisotopic (exact) mass is 515 g/mol. The molecule has 37 heavy (non-hydrogen) atoms. The summed E-state index contributed by atoms with van der Waals surface area (Å²) in [5.74, 6) is -0.574. The van der Waals surface area contributed by atoms with Gasteiger partial charge in [0.25, 0.3) is 11.8 Å². The minimum absolute atomic E-state index is 0.0932. The van der Waals surface area contributed by atoms with Crippen LogP contribution in [0.15, 0.2) is 72.9 Å². The minimum atomic E-state index is -0.594. The third kappa shape index (κ3) is 5.23. The number of aromatic nitrogens is 1. The van der Waals surface area contributed by atoms with Crippen molar-refractivity contribution in [2.24, 2.45) is 0 Å². The number of phenols is 1. The van der Waals surface area contributed by atoms with Gasteiger partial charge < -0.3 is 15.0 Å². The van der Waals surface area contributed by atoms with Gasteiger partial charge in [-0.1, -0.05) is 35.9 Å². The van der Waals surface area contributed by atoms with Crippen LogP contribution >= 0.6 is 11.6 Å². The van der Waals surface area contributed by atoms with Crippen molar-refractivity contribution in [2.75, 3.05) is 6.54 Å². The van der Waals surface area contributed by atoms with E-state index in [0.717, 1.165) is 46.0 Å². The molecule has 1 aliphatic carbocycles. The molecule has 4 aromatic rings. The summed E-state index contributed by atoms with van der Waals surface area (Å²) in [6.07, 6.45) is 7.12. The SMILES string of the molecule is O=C(/C=C/c1ccc2c(c1)CCC2N(CCc1c[nH]c2cc(Cl)ccc12)C(=O)c1ccc(O)cc1)NO. The summed E-state index contributed by atoms with van der Waals surface area (Å²) < 4.78 is 0. The summed E-state index contributed by atoms with van der Waals surface area (Å²) >= 11 is 6.14. The molecule has 1 heterocycles. The average molecular weight is 516 g/mol. The number of amides is 2. The zero-order valence-corrected chi connectivity index (χ0v) is 20.7. The number of hydrogen-bond donors (Lipinski definition) is 4. The molecule has 0 saturated carbocycles. The molecule has 1 aromatic heterocycles. The van der Waals surface area contributed by atoms with Crippen LogP contribution < -0.4 is 5.48 Å². The minimum Gasteiger partial charge on any atom is -0.508 e. The average Bonchev–Trinajstić information content (AvgIpc) is 3.51. The van der Waals surface area contributed by atoms with Gasteiger partial charge in [-0.15, -0.1) is 0 Å². The van der Waals surface area contributed by atoms with Gasteiger partial charge in [-0.3, -0.25) is 14.8 Å². The van der Waals surface area contributed by atoms with Crippen molar-refractivity contribution in [3.05, 3.63) is 106 Å². The van der Waals surface area contributed by atoms with Gasteiger partial charge in [-0.25, -0.2) is 5.48 Å². The van der Waals surface area contributed by atoms with Crippen LogP contribution in [0.4, 0.5) is 0 Å². The van der Waals surface area contributed by atoms with Gasteiger partial charge in [0.05, 0.1) is 6.04 Å². The number of nitrogens with zero attached hydrogens (tertiary/aromatic N) is 1. The van der Waals surface area contributed by atoms with E-state index in [0.29, 0.717) is 23.6 Å². The largest absolute Gasteiger partial charge is 0.508 e. The Labute approximate surface area is 219 Å². The fourth-order valence-corrected chi connectivity index (χ4v) is 5.20. The first kappa shape index (κ1) is 24.6. The number of carbonyl (C=O) groups excluding carboxylic acids is 2. The van der Waals surface area contributed by atoms with E-state index in [1.165, 1.54) is 18.2 Å². The van der Waals surface area contributed by atoms with Gasteiger partial charge in [0.15, 0.2) is 0 Å². The number of aromatic hydroxyl groups is 1. The van der Waals surface area contributed by atoms with E-state index in [1.54, 1.807) is 23.7 Å². The Bertz CT molecular complexity index is 1490. The van der Waals surface area contributed by atoms with E-state index < -0.39 is 5.91 Å². The van der Waals surface area contributed by atoms with Crippen molar-refractivity contribution in [2.45, 2.75) is 25.3 Å². The number of fused-ring (bicyclic) bond motifs is 2. The second-order valence-electron chi connectivity index (χ2n) is 9.12. The maximum absolute atomic E-state index is 13.7. The number of nitrogens with one attached hydrogen (secondary N) is 2. The Kier molecular flexibility index (Phi) is 6.99. The smallest absolute Gasteiger partial charge is 0.267 e. The summed E-state index contributed by atoms with van der Waals surface area (Å²) in [6.45, 7) is 0.512. The summed E-state index contributed by atoms with van der Waals surface area (Å²) in [5, 5.41) is 20.2. The molecule has 2 amide bonds. The zero-order chi connectivity index (χ0) is 25.9. The molecule has 5 rings (SSSR count). The van der Waals surface area contributed by atoms with E-state index in [2.05, 4.69) is 4.98 Å². The third-order valence-electron chi connectivity index (χ3n) is 6.85. The molecule has 0 spiro atoms. The van der Waals surface area contributed by atoms with E-state index in [9.17, 15) is 14.7 Å². The number of carbonyl (C=O) groups is 2. The molecule has 0 bridgehead atoms. The fraction of sp³-hybridized carbons (Fsp3) is 0.172. The number of H-pyrrole nitrogens is 1. The highest BCUT2D eigenvalue weighted by atomic mass is 35.5. The van der Waals surface area contributed by atoms with Crippen LogP contribution in [0.25, 0.3) is 17.0 Å². The van der Waals surface area contributed by atoms with Crippen LogP contribution in [0.5, 0.6) is 5.75 Å². The van der Waals surface area contributed by atoms with Crippen molar-refractivity contribution in [1.82, 2.24) is 15.4 Å². The fourth-order valence-electron chi connectivity index (χ4n) is 5.03. The Morgan fingerprint density at radius 3 is 2.70 bits per heavy atom. The predicted octanol–water partition coefficient (Wildman–Crippen LogP) is 5.42. The number of hydroxylamine groups is 1. The van der Waals surface area contributed by atoms with Gasteiger partial charge in [-0.05, 0) is 84.0 Å². The second kappa shape index (κ2) is 10.5. The normalized spacial score (nSPS) is 14.7. The predicted molar refractivity (Wildman–Crippen MR) is 143 cm³/mol. The highest BCUT2D eigenvalue weighted by Gasteiger charge is 2.31. The molecular weight excluding hydrogens is 490 g/mol. The van der Waals surface area contributed by atoms with E-state index in [1.807, 2.05) is 47.5 Å². The van der Waals surface area contributed by atoms with Crippen molar-refractivity contribution in [3.8, 4) is 5.75 Å². The van der Waals surface area contributed by atoms with E-state index >= 15 is 0 Å². The number of hydrogen-bond acceptors (Lipinski definition) is 4. The van der Waals surface area contributed by atoms with Gasteiger partial charge in [-0.2, -0.15) is 0 Å². The molecule has 1 atom stereocenters. The molecule has 0 fully saturated rings. The molecule has 7 nitrogen and oxygen atoms in total. The Hall–Kier alpha value is -4.07. The molecule has 188 valence electrons. The van der Waals surface area contributed by atoms with Crippen molar-refractivity contribution < 1.29 is 19.9 Å². The molecule has 1 unspecified atom stereocenters. The topological polar surface area (TPSA) is 106 Å². The second-order valence-corrected chi connectivity index (χ2v) is 9.56. The maximum atomic E-state index is 13.7. The van der Waals surface area contributed by atoms with Crippen molar-refractivity contribution in [3.63, 3.8) is 0 Å². The van der Waals surface area contributed by atoms with Crippen LogP contribution in [-0.4, -0.2) is 38.6 Å². The van der Waals surface area contributed by atoms with Gasteiger partial charge in [0, 0.05) is 40.3 Å². The lowest BCUT2D eigenvalue weighted by molar-refractivity contribution is -0.124. The Morgan fingerprint density at radius 1 is 1.11 bits per heavy atom. The first-order chi connectivity index (χ1) is 17.9. The van der Waals surface area contributed by atoms with Crippen molar-refractivity contribution >= 4 is 40.4 Å². The molecule has 8 heteroatoms. The lowest BCUT2D eigenvalue weighted by Gasteiger charge is -2.30. The molecule has 0 aliphatic heterocycles. The van der Waals surface area contributed by atoms with Crippen LogP contribution in [-0.2, 0) is 17.6 Å². The first-order valence-corrected chi connectivity index (χ1v) is 12.4. The number of aryl methyl sites for hydroxylation is 1. The molecule has 1 aliphatic rings. The first-order valence-electron chi connectivity index (χ1n) is 12.0. The highest BCUT2D eigenvalue weighted by molar-refractivity contribution is 6.31. The standard InChI is InChI=1S/C29H26ClN3O4/c30-22-6-10-24-21(17-31-26(24)16-22)13-14-33(29(36)19-3-7-23(34)8-4-19)27-11-5-20-15-18(1-9-25(20)27)2-12-28(35)32-37/h1-4,6-10,12,15-17,27,31,34,37H,5,11,13-14H2,(H,32,35)/b12-2+. The molecular formula is C29H26ClN3O4. The molecule has 0 radical (unpaired) electrons. The van der Waals surface area contributed by atoms with Crippen LogP contribution in [0.2, 0.25) is 5.02 Å². The number of rotatable bonds is 7. The van der Waals surface area contributed by atoms with Gasteiger partial charge in [0.2, 0.25) is 0 Å². The van der Waals surface area contributed by atoms with E-state index in [4.69, 9.17) is 16.8 Å². The summed E-state index contributed by atoms with van der Waals surface area (Å²) in [4.78, 5) is 30.3. The molecule has 4 N–H and O–H groups in total. The zero-order valence-electron chi connectivity index (χ0n) is 19.9. The molecule has 3 aromatic carbocycles. The maximum Gasteiger partial charge on any atom is 0.267 e.